The Morgan fingerprint density at radius 1 is 1.48 bits per heavy atom. The SMILES string of the molecule is CCCC1CC1Nc1sc(C(=O)NC2CC2)c(N)c1SC. The molecule has 2 aliphatic rings. The van der Waals surface area contributed by atoms with E-state index in [1.807, 2.05) is 6.26 Å². The van der Waals surface area contributed by atoms with Gasteiger partial charge in [-0.1, -0.05) is 13.3 Å². The number of rotatable bonds is 7. The van der Waals surface area contributed by atoms with Crippen LogP contribution in [0.2, 0.25) is 0 Å². The predicted molar refractivity (Wildman–Crippen MR) is 91.4 cm³/mol. The lowest BCUT2D eigenvalue weighted by molar-refractivity contribution is 0.0956. The number of thioether (sulfide) groups is 1. The van der Waals surface area contributed by atoms with E-state index in [1.54, 1.807) is 11.8 Å². The molecule has 1 heterocycles. The van der Waals surface area contributed by atoms with E-state index in [9.17, 15) is 4.79 Å². The second-order valence-electron chi connectivity index (χ2n) is 5.99. The van der Waals surface area contributed by atoms with Gasteiger partial charge in [-0.15, -0.1) is 23.1 Å². The van der Waals surface area contributed by atoms with Gasteiger partial charge < -0.3 is 16.4 Å². The largest absolute Gasteiger partial charge is 0.396 e. The molecular weight excluding hydrogens is 302 g/mol. The average Bonchev–Trinajstić information content (AvgIpc) is 3.35. The van der Waals surface area contributed by atoms with Crippen LogP contribution in [0.5, 0.6) is 0 Å². The molecule has 0 bridgehead atoms. The smallest absolute Gasteiger partial charge is 0.263 e. The van der Waals surface area contributed by atoms with Crippen molar-refractivity contribution >= 4 is 39.7 Å². The minimum atomic E-state index is -0.00995. The van der Waals surface area contributed by atoms with Crippen molar-refractivity contribution in [3.05, 3.63) is 4.88 Å². The standard InChI is InChI=1S/C15H23N3OS2/c1-3-4-8-7-10(8)18-15-13(20-2)11(16)12(21-15)14(19)17-9-5-6-9/h8-10,18H,3-7,16H2,1-2H3,(H,17,19). The van der Waals surface area contributed by atoms with Crippen LogP contribution in [0.25, 0.3) is 0 Å². The van der Waals surface area contributed by atoms with Crippen molar-refractivity contribution in [2.45, 2.75) is 56.0 Å². The summed E-state index contributed by atoms with van der Waals surface area (Å²) in [4.78, 5) is 13.9. The fourth-order valence-electron chi connectivity index (χ4n) is 2.66. The molecule has 0 aromatic carbocycles. The van der Waals surface area contributed by atoms with Crippen molar-refractivity contribution in [1.29, 1.82) is 0 Å². The first-order valence-corrected chi connectivity index (χ1v) is 9.71. The lowest BCUT2D eigenvalue weighted by atomic mass is 10.2. The number of carbonyl (C=O) groups is 1. The molecule has 2 saturated carbocycles. The molecule has 116 valence electrons. The first kappa shape index (κ1) is 15.0. The number of nitrogens with one attached hydrogen (secondary N) is 2. The summed E-state index contributed by atoms with van der Waals surface area (Å²) in [5.41, 5.74) is 6.83. The summed E-state index contributed by atoms with van der Waals surface area (Å²) in [5.74, 6) is 0.779. The normalized spacial score (nSPS) is 23.9. The van der Waals surface area contributed by atoms with Gasteiger partial charge in [0.15, 0.2) is 0 Å². The number of amides is 1. The molecule has 2 atom stereocenters. The Kier molecular flexibility index (Phi) is 4.36. The molecule has 0 radical (unpaired) electrons. The van der Waals surface area contributed by atoms with Crippen LogP contribution < -0.4 is 16.4 Å². The topological polar surface area (TPSA) is 67.2 Å². The highest BCUT2D eigenvalue weighted by molar-refractivity contribution is 7.99. The molecule has 2 unspecified atom stereocenters. The zero-order valence-electron chi connectivity index (χ0n) is 12.6. The molecule has 4 N–H and O–H groups in total. The van der Waals surface area contributed by atoms with Crippen LogP contribution in [0.3, 0.4) is 0 Å². The van der Waals surface area contributed by atoms with Gasteiger partial charge >= 0.3 is 0 Å². The third kappa shape index (κ3) is 3.31. The lowest BCUT2D eigenvalue weighted by Crippen LogP contribution is -2.25. The van der Waals surface area contributed by atoms with Crippen molar-refractivity contribution in [3.63, 3.8) is 0 Å². The van der Waals surface area contributed by atoms with Gasteiger partial charge in [-0.2, -0.15) is 0 Å². The summed E-state index contributed by atoms with van der Waals surface area (Å²) >= 11 is 3.13. The van der Waals surface area contributed by atoms with Crippen molar-refractivity contribution in [2.24, 2.45) is 5.92 Å². The van der Waals surface area contributed by atoms with E-state index in [4.69, 9.17) is 5.73 Å². The molecule has 2 aliphatic carbocycles. The predicted octanol–water partition coefficient (Wildman–Crippen LogP) is 3.54. The number of thiophene rings is 1. The highest BCUT2D eigenvalue weighted by Crippen LogP contribution is 2.46. The quantitative estimate of drug-likeness (QED) is 0.671. The first-order valence-electron chi connectivity index (χ1n) is 7.67. The maximum absolute atomic E-state index is 12.2. The Morgan fingerprint density at radius 2 is 2.24 bits per heavy atom. The van der Waals surface area contributed by atoms with Gasteiger partial charge in [-0.3, -0.25) is 4.79 Å². The lowest BCUT2D eigenvalue weighted by Gasteiger charge is -2.05. The third-order valence-electron chi connectivity index (χ3n) is 4.12. The Balaban J connectivity index is 1.72. The monoisotopic (exact) mass is 325 g/mol. The molecule has 0 saturated heterocycles. The van der Waals surface area contributed by atoms with Crippen LogP contribution in [-0.2, 0) is 0 Å². The molecule has 0 spiro atoms. The van der Waals surface area contributed by atoms with Gasteiger partial charge in [-0.05, 0) is 37.9 Å². The van der Waals surface area contributed by atoms with Crippen molar-refractivity contribution < 1.29 is 4.79 Å². The molecule has 3 rings (SSSR count). The van der Waals surface area contributed by atoms with Gasteiger partial charge in [0.1, 0.15) is 9.88 Å². The van der Waals surface area contributed by atoms with E-state index in [0.29, 0.717) is 22.6 Å². The summed E-state index contributed by atoms with van der Waals surface area (Å²) in [7, 11) is 0. The van der Waals surface area contributed by atoms with Crippen molar-refractivity contribution in [1.82, 2.24) is 5.32 Å². The Labute approximate surface area is 134 Å². The maximum Gasteiger partial charge on any atom is 0.263 e. The first-order chi connectivity index (χ1) is 10.1. The van der Waals surface area contributed by atoms with Gasteiger partial charge in [0.2, 0.25) is 0 Å². The van der Waals surface area contributed by atoms with Gasteiger partial charge in [0.25, 0.3) is 5.91 Å². The van der Waals surface area contributed by atoms with Crippen LogP contribution in [-0.4, -0.2) is 24.2 Å². The van der Waals surface area contributed by atoms with E-state index in [-0.39, 0.29) is 5.91 Å². The van der Waals surface area contributed by atoms with Gasteiger partial charge in [0, 0.05) is 12.1 Å². The Bertz CT molecular complexity index is 539. The zero-order valence-corrected chi connectivity index (χ0v) is 14.2. The molecule has 21 heavy (non-hydrogen) atoms. The molecule has 4 nitrogen and oxygen atoms in total. The van der Waals surface area contributed by atoms with Crippen LogP contribution >= 0.6 is 23.1 Å². The molecule has 1 aromatic heterocycles. The highest BCUT2D eigenvalue weighted by atomic mass is 32.2. The molecular formula is C15H23N3OS2. The van der Waals surface area contributed by atoms with E-state index >= 15 is 0 Å². The Hall–Kier alpha value is -0.880. The summed E-state index contributed by atoms with van der Waals surface area (Å²) in [6.45, 7) is 2.23. The minimum absolute atomic E-state index is 0.00995. The van der Waals surface area contributed by atoms with Crippen molar-refractivity contribution in [3.8, 4) is 0 Å². The summed E-state index contributed by atoms with van der Waals surface area (Å²) in [6.07, 6.45) is 7.96. The fourth-order valence-corrected chi connectivity index (χ4v) is 4.64. The number of nitrogen functional groups attached to an aromatic ring is 1. The van der Waals surface area contributed by atoms with Crippen LogP contribution in [0.4, 0.5) is 10.7 Å². The van der Waals surface area contributed by atoms with Gasteiger partial charge in [0.05, 0.1) is 10.6 Å². The number of carbonyl (C=O) groups excluding carboxylic acids is 1. The number of anilines is 2. The molecule has 1 aromatic rings. The van der Waals surface area contributed by atoms with Crippen LogP contribution in [0, 0.1) is 5.92 Å². The summed E-state index contributed by atoms with van der Waals surface area (Å²) in [5, 5.41) is 7.69. The highest BCUT2D eigenvalue weighted by Gasteiger charge is 2.37. The second kappa shape index (κ2) is 6.08. The average molecular weight is 326 g/mol. The van der Waals surface area contributed by atoms with Crippen LogP contribution in [0.1, 0.15) is 48.7 Å². The number of nitrogens with two attached hydrogens (primary N) is 1. The van der Waals surface area contributed by atoms with E-state index < -0.39 is 0 Å². The van der Waals surface area contributed by atoms with E-state index in [0.717, 1.165) is 28.7 Å². The van der Waals surface area contributed by atoms with E-state index in [1.165, 1.54) is 30.6 Å². The number of hydrogen-bond acceptors (Lipinski definition) is 5. The van der Waals surface area contributed by atoms with Gasteiger partial charge in [-0.25, -0.2) is 0 Å². The number of hydrogen-bond donors (Lipinski definition) is 3. The maximum atomic E-state index is 12.2. The fraction of sp³-hybridized carbons (Fsp3) is 0.667. The molecule has 6 heteroatoms. The minimum Gasteiger partial charge on any atom is -0.396 e. The third-order valence-corrected chi connectivity index (χ3v) is 6.22. The molecule has 1 amide bonds. The Morgan fingerprint density at radius 3 is 2.86 bits per heavy atom. The molecule has 0 aliphatic heterocycles. The zero-order chi connectivity index (χ0) is 15.0. The van der Waals surface area contributed by atoms with Crippen LogP contribution in [0.15, 0.2) is 4.90 Å². The van der Waals surface area contributed by atoms with Crippen molar-refractivity contribution in [2.75, 3.05) is 17.3 Å². The van der Waals surface area contributed by atoms with E-state index in [2.05, 4.69) is 17.6 Å². The second-order valence-corrected chi connectivity index (χ2v) is 7.83. The summed E-state index contributed by atoms with van der Waals surface area (Å²) in [6, 6.07) is 0.929. The summed E-state index contributed by atoms with van der Waals surface area (Å²) < 4.78 is 0. The molecule has 2 fully saturated rings.